The monoisotopic (exact) mass is 267 g/mol. The highest BCUT2D eigenvalue weighted by molar-refractivity contribution is 6.32. The Morgan fingerprint density at radius 3 is 2.67 bits per heavy atom. The van der Waals surface area contributed by atoms with Gasteiger partial charge in [-0.15, -0.1) is 0 Å². The Kier molecular flexibility index (Phi) is 3.62. The Labute approximate surface area is 108 Å². The van der Waals surface area contributed by atoms with Crippen LogP contribution in [0.15, 0.2) is 35.4 Å². The minimum atomic E-state index is -0.401. The van der Waals surface area contributed by atoms with Crippen molar-refractivity contribution < 1.29 is 4.39 Å². The molecule has 0 atom stereocenters. The molecule has 0 amide bonds. The number of benzene rings is 1. The van der Waals surface area contributed by atoms with Crippen molar-refractivity contribution in [2.24, 2.45) is 0 Å². The number of hydrogen-bond donors (Lipinski definition) is 1. The van der Waals surface area contributed by atoms with Crippen LogP contribution in [0.1, 0.15) is 6.92 Å². The van der Waals surface area contributed by atoms with Crippen LogP contribution in [0, 0.1) is 5.82 Å². The fourth-order valence-electron chi connectivity index (χ4n) is 1.64. The zero-order valence-electron chi connectivity index (χ0n) is 9.65. The molecule has 0 aliphatic rings. The van der Waals surface area contributed by atoms with Crippen LogP contribution < -0.4 is 10.5 Å². The molecule has 0 bridgehead atoms. The van der Waals surface area contributed by atoms with E-state index in [1.165, 1.54) is 18.5 Å². The molecule has 0 spiro atoms. The van der Waals surface area contributed by atoms with Crippen molar-refractivity contribution in [3.8, 4) is 0 Å². The van der Waals surface area contributed by atoms with Crippen LogP contribution in [0.2, 0.25) is 5.02 Å². The van der Waals surface area contributed by atoms with Crippen molar-refractivity contribution in [1.29, 1.82) is 0 Å². The van der Waals surface area contributed by atoms with E-state index in [-0.39, 0.29) is 10.8 Å². The minimum absolute atomic E-state index is 0.0173. The van der Waals surface area contributed by atoms with E-state index in [4.69, 9.17) is 11.6 Å². The normalized spacial score (nSPS) is 10.4. The second-order valence-electron chi connectivity index (χ2n) is 3.59. The number of nitrogens with one attached hydrogen (secondary N) is 1. The SMILES string of the molecule is CCN(c1ccc(F)cc1)c1nc[nH]c(=O)c1Cl. The minimum Gasteiger partial charge on any atom is -0.325 e. The van der Waals surface area contributed by atoms with Gasteiger partial charge in [-0.1, -0.05) is 11.6 Å². The van der Waals surface area contributed by atoms with Gasteiger partial charge in [-0.25, -0.2) is 9.37 Å². The van der Waals surface area contributed by atoms with Gasteiger partial charge in [0.25, 0.3) is 5.56 Å². The summed E-state index contributed by atoms with van der Waals surface area (Å²) in [4.78, 5) is 19.6. The van der Waals surface area contributed by atoms with Crippen LogP contribution in [0.3, 0.4) is 0 Å². The zero-order chi connectivity index (χ0) is 13.1. The highest BCUT2D eigenvalue weighted by Gasteiger charge is 2.14. The topological polar surface area (TPSA) is 49.0 Å². The number of anilines is 2. The van der Waals surface area contributed by atoms with Crippen molar-refractivity contribution >= 4 is 23.1 Å². The lowest BCUT2D eigenvalue weighted by atomic mass is 10.2. The van der Waals surface area contributed by atoms with Crippen LogP contribution in [-0.4, -0.2) is 16.5 Å². The molecule has 0 saturated carbocycles. The quantitative estimate of drug-likeness (QED) is 0.930. The molecule has 0 unspecified atom stereocenters. The molecule has 1 heterocycles. The van der Waals surface area contributed by atoms with Gasteiger partial charge in [-0.2, -0.15) is 0 Å². The van der Waals surface area contributed by atoms with Crippen LogP contribution in [-0.2, 0) is 0 Å². The molecule has 2 aromatic rings. The van der Waals surface area contributed by atoms with Gasteiger partial charge >= 0.3 is 0 Å². The first-order chi connectivity index (χ1) is 8.63. The molecule has 0 radical (unpaired) electrons. The highest BCUT2D eigenvalue weighted by atomic mass is 35.5. The first-order valence-corrected chi connectivity index (χ1v) is 5.77. The van der Waals surface area contributed by atoms with Gasteiger partial charge in [0.05, 0.1) is 6.33 Å². The van der Waals surface area contributed by atoms with Gasteiger partial charge in [0.1, 0.15) is 10.8 Å². The fourth-order valence-corrected chi connectivity index (χ4v) is 1.84. The van der Waals surface area contributed by atoms with Crippen molar-refractivity contribution in [3.63, 3.8) is 0 Å². The van der Waals surface area contributed by atoms with Crippen molar-refractivity contribution in [3.05, 3.63) is 51.8 Å². The van der Waals surface area contributed by atoms with E-state index in [2.05, 4.69) is 9.97 Å². The van der Waals surface area contributed by atoms with Gasteiger partial charge in [0.2, 0.25) is 0 Å². The van der Waals surface area contributed by atoms with Gasteiger partial charge in [0, 0.05) is 12.2 Å². The lowest BCUT2D eigenvalue weighted by molar-refractivity contribution is 0.628. The smallest absolute Gasteiger partial charge is 0.271 e. The molecule has 0 saturated heterocycles. The Bertz CT molecular complexity index is 597. The summed E-state index contributed by atoms with van der Waals surface area (Å²) in [5.41, 5.74) is 0.320. The molecule has 1 aromatic heterocycles. The highest BCUT2D eigenvalue weighted by Crippen LogP contribution is 2.26. The molecule has 94 valence electrons. The third-order valence-corrected chi connectivity index (χ3v) is 2.83. The molecule has 1 aromatic carbocycles. The maximum absolute atomic E-state index is 12.9. The Morgan fingerprint density at radius 2 is 2.06 bits per heavy atom. The molecular weight excluding hydrogens is 257 g/mol. The summed E-state index contributed by atoms with van der Waals surface area (Å²) in [5.74, 6) is 0.0364. The number of hydrogen-bond acceptors (Lipinski definition) is 3. The van der Waals surface area contributed by atoms with E-state index in [1.807, 2.05) is 6.92 Å². The summed E-state index contributed by atoms with van der Waals surface area (Å²) in [5, 5.41) is 0.0173. The lowest BCUT2D eigenvalue weighted by Gasteiger charge is -2.22. The second-order valence-corrected chi connectivity index (χ2v) is 3.97. The van der Waals surface area contributed by atoms with E-state index in [0.29, 0.717) is 12.4 Å². The molecule has 0 fully saturated rings. The Balaban J connectivity index is 2.48. The summed E-state index contributed by atoms with van der Waals surface area (Å²) in [6.45, 7) is 2.45. The molecular formula is C12H11ClFN3O. The molecule has 18 heavy (non-hydrogen) atoms. The first kappa shape index (κ1) is 12.6. The summed E-state index contributed by atoms with van der Waals surface area (Å²) >= 11 is 5.93. The number of halogens is 2. The Morgan fingerprint density at radius 1 is 1.39 bits per heavy atom. The molecule has 4 nitrogen and oxygen atoms in total. The average Bonchev–Trinajstić information content (AvgIpc) is 2.37. The first-order valence-electron chi connectivity index (χ1n) is 5.39. The summed E-state index contributed by atoms with van der Waals surface area (Å²) in [6.07, 6.45) is 1.29. The third-order valence-electron chi connectivity index (χ3n) is 2.49. The average molecular weight is 268 g/mol. The van der Waals surface area contributed by atoms with E-state index in [1.54, 1.807) is 17.0 Å². The maximum atomic E-state index is 12.9. The Hall–Kier alpha value is -1.88. The van der Waals surface area contributed by atoms with E-state index < -0.39 is 5.56 Å². The predicted octanol–water partition coefficient (Wildman–Crippen LogP) is 2.72. The van der Waals surface area contributed by atoms with Crippen LogP contribution >= 0.6 is 11.6 Å². The molecule has 2 rings (SSSR count). The van der Waals surface area contributed by atoms with Crippen LogP contribution in [0.4, 0.5) is 15.9 Å². The van der Waals surface area contributed by atoms with E-state index in [0.717, 1.165) is 5.69 Å². The fraction of sp³-hybridized carbons (Fsp3) is 0.167. The molecule has 6 heteroatoms. The van der Waals surface area contributed by atoms with Gasteiger partial charge in [-0.3, -0.25) is 4.79 Å². The molecule has 1 N–H and O–H groups in total. The zero-order valence-corrected chi connectivity index (χ0v) is 10.4. The van der Waals surface area contributed by atoms with Gasteiger partial charge in [-0.05, 0) is 31.2 Å². The number of nitrogens with zero attached hydrogens (tertiary/aromatic N) is 2. The van der Waals surface area contributed by atoms with Gasteiger partial charge in [0.15, 0.2) is 5.82 Å². The lowest BCUT2D eigenvalue weighted by Crippen LogP contribution is -2.21. The largest absolute Gasteiger partial charge is 0.325 e. The second kappa shape index (κ2) is 5.18. The van der Waals surface area contributed by atoms with Crippen molar-refractivity contribution in [1.82, 2.24) is 9.97 Å². The molecule has 0 aliphatic heterocycles. The van der Waals surface area contributed by atoms with E-state index in [9.17, 15) is 9.18 Å². The number of aromatic amines is 1. The number of H-pyrrole nitrogens is 1. The van der Waals surface area contributed by atoms with Crippen molar-refractivity contribution in [2.45, 2.75) is 6.92 Å². The summed E-state index contributed by atoms with van der Waals surface area (Å²) in [7, 11) is 0. The van der Waals surface area contributed by atoms with Gasteiger partial charge < -0.3 is 9.88 Å². The summed E-state index contributed by atoms with van der Waals surface area (Å²) < 4.78 is 12.9. The third kappa shape index (κ3) is 2.36. The van der Waals surface area contributed by atoms with Crippen LogP contribution in [0.25, 0.3) is 0 Å². The summed E-state index contributed by atoms with van der Waals surface area (Å²) in [6, 6.07) is 5.91. The van der Waals surface area contributed by atoms with Crippen LogP contribution in [0.5, 0.6) is 0 Å². The predicted molar refractivity (Wildman–Crippen MR) is 68.9 cm³/mol. The standard InChI is InChI=1S/C12H11ClFN3O/c1-2-17(9-5-3-8(14)4-6-9)11-10(13)12(18)16-7-15-11/h3-7H,2H2,1H3,(H,15,16,18). The number of rotatable bonds is 3. The number of aromatic nitrogens is 2. The molecule has 0 aliphatic carbocycles. The van der Waals surface area contributed by atoms with Crippen molar-refractivity contribution in [2.75, 3.05) is 11.4 Å². The maximum Gasteiger partial charge on any atom is 0.271 e. The van der Waals surface area contributed by atoms with E-state index >= 15 is 0 Å².